The number of anilines is 1. The number of halogens is 1. The number of rotatable bonds is 3. The number of ether oxygens (including phenoxy) is 1. The first-order valence-electron chi connectivity index (χ1n) is 7.99. The Balaban J connectivity index is 2.02. The molecule has 0 saturated carbocycles. The number of alkyl carbamates (subject to hydrolysis) is 1. The summed E-state index contributed by atoms with van der Waals surface area (Å²) in [6.07, 6.45) is 2.78. The number of nitrogens with zero attached hydrogens (tertiary/aromatic N) is 3. The molecule has 1 aliphatic rings. The molecule has 23 heavy (non-hydrogen) atoms. The molecule has 6 nitrogen and oxygen atoms in total. The van der Waals surface area contributed by atoms with Crippen LogP contribution >= 0.6 is 11.6 Å². The van der Waals surface area contributed by atoms with Gasteiger partial charge in [0.15, 0.2) is 0 Å². The molecule has 0 unspecified atom stereocenters. The van der Waals surface area contributed by atoms with Gasteiger partial charge in [0.2, 0.25) is 5.95 Å². The molecule has 128 valence electrons. The van der Waals surface area contributed by atoms with Crippen LogP contribution < -0.4 is 10.2 Å². The quantitative estimate of drug-likeness (QED) is 0.855. The molecule has 1 aliphatic heterocycles. The molecule has 0 bridgehead atoms. The van der Waals surface area contributed by atoms with E-state index in [1.54, 1.807) is 6.07 Å². The van der Waals surface area contributed by atoms with E-state index in [1.807, 2.05) is 27.7 Å². The SMILES string of the molecule is Cc1cc(Cl)nc(N2CCCC[C@@H]2CNC(=O)OC(C)(C)C)n1. The van der Waals surface area contributed by atoms with E-state index in [2.05, 4.69) is 20.2 Å². The zero-order valence-corrected chi connectivity index (χ0v) is 15.0. The average molecular weight is 341 g/mol. The van der Waals surface area contributed by atoms with Gasteiger partial charge >= 0.3 is 6.09 Å². The van der Waals surface area contributed by atoms with Crippen LogP contribution in [0.3, 0.4) is 0 Å². The molecule has 1 fully saturated rings. The molecule has 0 aliphatic carbocycles. The Kier molecular flexibility index (Phi) is 5.68. The molecule has 1 amide bonds. The smallest absolute Gasteiger partial charge is 0.407 e. The summed E-state index contributed by atoms with van der Waals surface area (Å²) in [5, 5.41) is 3.29. The Labute approximate surface area is 142 Å². The topological polar surface area (TPSA) is 67.4 Å². The van der Waals surface area contributed by atoms with Crippen molar-refractivity contribution in [1.29, 1.82) is 0 Å². The van der Waals surface area contributed by atoms with E-state index in [9.17, 15) is 4.79 Å². The maximum Gasteiger partial charge on any atom is 0.407 e. The van der Waals surface area contributed by atoms with Gasteiger partial charge in [-0.3, -0.25) is 0 Å². The lowest BCUT2D eigenvalue weighted by molar-refractivity contribution is 0.0522. The van der Waals surface area contributed by atoms with Gasteiger partial charge in [-0.1, -0.05) is 11.6 Å². The Hall–Kier alpha value is -1.56. The van der Waals surface area contributed by atoms with Crippen molar-refractivity contribution in [2.75, 3.05) is 18.0 Å². The summed E-state index contributed by atoms with van der Waals surface area (Å²) in [7, 11) is 0. The number of hydrogen-bond acceptors (Lipinski definition) is 5. The Morgan fingerprint density at radius 3 is 2.83 bits per heavy atom. The van der Waals surface area contributed by atoms with E-state index < -0.39 is 11.7 Å². The van der Waals surface area contributed by atoms with Gasteiger partial charge in [0.25, 0.3) is 0 Å². The highest BCUT2D eigenvalue weighted by Gasteiger charge is 2.26. The summed E-state index contributed by atoms with van der Waals surface area (Å²) in [5.74, 6) is 0.630. The van der Waals surface area contributed by atoms with E-state index >= 15 is 0 Å². The second kappa shape index (κ2) is 7.34. The molecule has 2 heterocycles. The Morgan fingerprint density at radius 2 is 2.17 bits per heavy atom. The molecular weight excluding hydrogens is 316 g/mol. The van der Waals surface area contributed by atoms with Gasteiger partial charge in [0, 0.05) is 24.8 Å². The van der Waals surface area contributed by atoms with Crippen molar-refractivity contribution in [1.82, 2.24) is 15.3 Å². The molecule has 1 atom stereocenters. The molecule has 0 spiro atoms. The normalized spacial score (nSPS) is 18.7. The van der Waals surface area contributed by atoms with Crippen LogP contribution in [0.15, 0.2) is 6.07 Å². The van der Waals surface area contributed by atoms with Crippen molar-refractivity contribution in [3.8, 4) is 0 Å². The predicted octanol–water partition coefficient (Wildman–Crippen LogP) is 3.32. The third kappa shape index (κ3) is 5.53. The minimum Gasteiger partial charge on any atom is -0.444 e. The number of aromatic nitrogens is 2. The lowest BCUT2D eigenvalue weighted by Gasteiger charge is -2.36. The van der Waals surface area contributed by atoms with Crippen LogP contribution in [0.25, 0.3) is 0 Å². The van der Waals surface area contributed by atoms with Gasteiger partial charge in [-0.2, -0.15) is 0 Å². The number of carbonyl (C=O) groups excluding carboxylic acids is 1. The second-order valence-electron chi connectivity index (χ2n) is 6.86. The van der Waals surface area contributed by atoms with Crippen LogP contribution in [0.1, 0.15) is 45.7 Å². The standard InChI is InChI=1S/C16H25ClN4O2/c1-11-9-13(17)20-14(19-11)21-8-6-5-7-12(21)10-18-15(22)23-16(2,3)4/h9,12H,5-8,10H2,1-4H3,(H,18,22)/t12-/m1/s1. The molecule has 1 aromatic heterocycles. The summed E-state index contributed by atoms with van der Waals surface area (Å²) in [6.45, 7) is 8.81. The second-order valence-corrected chi connectivity index (χ2v) is 7.25. The highest BCUT2D eigenvalue weighted by atomic mass is 35.5. The lowest BCUT2D eigenvalue weighted by atomic mass is 10.0. The van der Waals surface area contributed by atoms with E-state index in [1.165, 1.54) is 0 Å². The van der Waals surface area contributed by atoms with Gasteiger partial charge < -0.3 is 15.0 Å². The van der Waals surface area contributed by atoms with E-state index in [0.717, 1.165) is 31.5 Å². The minimum absolute atomic E-state index is 0.147. The zero-order chi connectivity index (χ0) is 17.0. The monoisotopic (exact) mass is 340 g/mol. The van der Waals surface area contributed by atoms with Gasteiger partial charge in [-0.15, -0.1) is 0 Å². The largest absolute Gasteiger partial charge is 0.444 e. The van der Waals surface area contributed by atoms with Gasteiger partial charge in [0.05, 0.1) is 0 Å². The number of carbonyl (C=O) groups is 1. The average Bonchev–Trinajstić information content (AvgIpc) is 2.42. The fraction of sp³-hybridized carbons (Fsp3) is 0.688. The molecular formula is C16H25ClN4O2. The van der Waals surface area contributed by atoms with Crippen molar-refractivity contribution in [3.63, 3.8) is 0 Å². The van der Waals surface area contributed by atoms with Crippen molar-refractivity contribution in [3.05, 3.63) is 16.9 Å². The maximum atomic E-state index is 11.8. The fourth-order valence-electron chi connectivity index (χ4n) is 2.64. The third-order valence-corrected chi connectivity index (χ3v) is 3.77. The van der Waals surface area contributed by atoms with Crippen LogP contribution in [0, 0.1) is 6.92 Å². The van der Waals surface area contributed by atoms with Crippen molar-refractivity contribution in [2.24, 2.45) is 0 Å². The van der Waals surface area contributed by atoms with Crippen LogP contribution in [0.2, 0.25) is 5.15 Å². The van der Waals surface area contributed by atoms with Crippen LogP contribution in [-0.2, 0) is 4.74 Å². The van der Waals surface area contributed by atoms with Crippen LogP contribution in [-0.4, -0.2) is 40.8 Å². The van der Waals surface area contributed by atoms with Gasteiger partial charge in [0.1, 0.15) is 10.8 Å². The van der Waals surface area contributed by atoms with Crippen molar-refractivity contribution >= 4 is 23.6 Å². The maximum absolute atomic E-state index is 11.8. The van der Waals surface area contributed by atoms with Gasteiger partial charge in [-0.05, 0) is 53.0 Å². The highest BCUT2D eigenvalue weighted by molar-refractivity contribution is 6.29. The summed E-state index contributed by atoms with van der Waals surface area (Å²) < 4.78 is 5.29. The third-order valence-electron chi connectivity index (χ3n) is 3.58. The number of amides is 1. The lowest BCUT2D eigenvalue weighted by Crippen LogP contribution is -2.48. The highest BCUT2D eigenvalue weighted by Crippen LogP contribution is 2.23. The van der Waals surface area contributed by atoms with Crippen molar-refractivity contribution < 1.29 is 9.53 Å². The molecule has 1 saturated heterocycles. The molecule has 7 heteroatoms. The van der Waals surface area contributed by atoms with E-state index in [0.29, 0.717) is 17.6 Å². The number of piperidine rings is 1. The Morgan fingerprint density at radius 1 is 1.43 bits per heavy atom. The minimum atomic E-state index is -0.497. The summed E-state index contributed by atoms with van der Waals surface area (Å²) in [4.78, 5) is 22.8. The van der Waals surface area contributed by atoms with Crippen LogP contribution in [0.5, 0.6) is 0 Å². The van der Waals surface area contributed by atoms with E-state index in [4.69, 9.17) is 16.3 Å². The molecule has 0 radical (unpaired) electrons. The zero-order valence-electron chi connectivity index (χ0n) is 14.2. The first-order chi connectivity index (χ1) is 10.7. The molecule has 1 N–H and O–H groups in total. The van der Waals surface area contributed by atoms with Crippen molar-refractivity contribution in [2.45, 2.75) is 58.6 Å². The predicted molar refractivity (Wildman–Crippen MR) is 91.0 cm³/mol. The first kappa shape index (κ1) is 17.8. The summed E-state index contributed by atoms with van der Waals surface area (Å²) in [5.41, 5.74) is 0.341. The Bertz CT molecular complexity index is 539. The van der Waals surface area contributed by atoms with Gasteiger partial charge in [-0.25, -0.2) is 14.8 Å². The number of nitrogens with one attached hydrogen (secondary N) is 1. The summed E-state index contributed by atoms with van der Waals surface area (Å²) >= 11 is 6.05. The molecule has 0 aromatic carbocycles. The van der Waals surface area contributed by atoms with E-state index in [-0.39, 0.29) is 6.04 Å². The van der Waals surface area contributed by atoms with Crippen LogP contribution in [0.4, 0.5) is 10.7 Å². The molecule has 1 aromatic rings. The first-order valence-corrected chi connectivity index (χ1v) is 8.37. The number of hydrogen-bond donors (Lipinski definition) is 1. The molecule has 2 rings (SSSR count). The fourth-order valence-corrected chi connectivity index (χ4v) is 2.87. The number of aryl methyl sites for hydroxylation is 1. The summed E-state index contributed by atoms with van der Waals surface area (Å²) in [6, 6.07) is 1.89.